The minimum atomic E-state index is 0.00108. The molecule has 4 nitrogen and oxygen atoms in total. The fourth-order valence-corrected chi connectivity index (χ4v) is 2.28. The molecule has 0 aliphatic carbocycles. The van der Waals surface area contributed by atoms with Gasteiger partial charge in [0.05, 0.1) is 5.56 Å². The number of aromatic nitrogens is 2. The Bertz CT molecular complexity index is 513. The second-order valence-electron chi connectivity index (χ2n) is 3.43. The van der Waals surface area contributed by atoms with E-state index >= 15 is 0 Å². The molecular weight excluding hydrogens is 232 g/mol. The van der Waals surface area contributed by atoms with Gasteiger partial charge in [-0.1, -0.05) is 30.3 Å². The van der Waals surface area contributed by atoms with Crippen molar-refractivity contribution in [3.63, 3.8) is 0 Å². The molecule has 2 aromatic rings. The van der Waals surface area contributed by atoms with E-state index in [9.17, 15) is 0 Å². The molecule has 0 saturated heterocycles. The van der Waals surface area contributed by atoms with Crippen molar-refractivity contribution >= 4 is 17.6 Å². The summed E-state index contributed by atoms with van der Waals surface area (Å²) < 4.78 is 0. The number of nitrogen functional groups attached to an aromatic ring is 1. The SMILES string of the molecule is N=C(N)c1cncnc1SCc1ccccc1. The fourth-order valence-electron chi connectivity index (χ4n) is 1.34. The Hall–Kier alpha value is -1.88. The summed E-state index contributed by atoms with van der Waals surface area (Å²) >= 11 is 1.56. The van der Waals surface area contributed by atoms with Crippen molar-refractivity contribution in [1.82, 2.24) is 9.97 Å². The lowest BCUT2D eigenvalue weighted by molar-refractivity contribution is 1.03. The molecule has 0 fully saturated rings. The number of nitrogens with zero attached hydrogens (tertiary/aromatic N) is 2. The Morgan fingerprint density at radius 2 is 2.06 bits per heavy atom. The number of thioether (sulfide) groups is 1. The molecule has 1 heterocycles. The smallest absolute Gasteiger partial charge is 0.127 e. The van der Waals surface area contributed by atoms with Crippen LogP contribution in [0.25, 0.3) is 0 Å². The van der Waals surface area contributed by atoms with Gasteiger partial charge in [-0.25, -0.2) is 9.97 Å². The first-order chi connectivity index (χ1) is 8.27. The number of hydrogen-bond donors (Lipinski definition) is 2. The van der Waals surface area contributed by atoms with Crippen LogP contribution in [0.15, 0.2) is 47.9 Å². The topological polar surface area (TPSA) is 75.7 Å². The summed E-state index contributed by atoms with van der Waals surface area (Å²) in [5.41, 5.74) is 7.28. The maximum absolute atomic E-state index is 7.44. The summed E-state index contributed by atoms with van der Waals surface area (Å²) in [6.45, 7) is 0. The maximum Gasteiger partial charge on any atom is 0.127 e. The van der Waals surface area contributed by atoms with Crippen LogP contribution in [-0.2, 0) is 5.75 Å². The average molecular weight is 244 g/mol. The van der Waals surface area contributed by atoms with Crippen molar-refractivity contribution < 1.29 is 0 Å². The summed E-state index contributed by atoms with van der Waals surface area (Å²) in [6.07, 6.45) is 3.04. The van der Waals surface area contributed by atoms with Crippen LogP contribution in [0.2, 0.25) is 0 Å². The highest BCUT2D eigenvalue weighted by atomic mass is 32.2. The summed E-state index contributed by atoms with van der Waals surface area (Å²) in [5, 5.41) is 8.19. The molecule has 0 bridgehead atoms. The van der Waals surface area contributed by atoms with Crippen molar-refractivity contribution in [3.05, 3.63) is 54.0 Å². The molecule has 0 saturated carbocycles. The van der Waals surface area contributed by atoms with E-state index in [4.69, 9.17) is 11.1 Å². The zero-order valence-corrected chi connectivity index (χ0v) is 9.95. The first-order valence-electron chi connectivity index (χ1n) is 5.08. The van der Waals surface area contributed by atoms with Crippen LogP contribution in [0.5, 0.6) is 0 Å². The second kappa shape index (κ2) is 5.45. The van der Waals surface area contributed by atoms with Crippen molar-refractivity contribution in [3.8, 4) is 0 Å². The lowest BCUT2D eigenvalue weighted by Gasteiger charge is -2.05. The highest BCUT2D eigenvalue weighted by Gasteiger charge is 2.07. The Morgan fingerprint density at radius 1 is 1.29 bits per heavy atom. The molecule has 0 radical (unpaired) electrons. The largest absolute Gasteiger partial charge is 0.384 e. The molecule has 2 rings (SSSR count). The van der Waals surface area contributed by atoms with Crippen LogP contribution in [0.4, 0.5) is 0 Å². The van der Waals surface area contributed by atoms with Gasteiger partial charge in [-0.05, 0) is 5.56 Å². The maximum atomic E-state index is 7.44. The molecule has 0 amide bonds. The van der Waals surface area contributed by atoms with Gasteiger partial charge in [-0.3, -0.25) is 5.41 Å². The molecule has 0 spiro atoms. The van der Waals surface area contributed by atoms with Gasteiger partial charge in [0.25, 0.3) is 0 Å². The first kappa shape index (κ1) is 11.6. The van der Waals surface area contributed by atoms with Gasteiger partial charge in [-0.2, -0.15) is 0 Å². The normalized spacial score (nSPS) is 10.1. The van der Waals surface area contributed by atoms with E-state index in [0.29, 0.717) is 5.56 Å². The molecule has 0 aliphatic heterocycles. The highest BCUT2D eigenvalue weighted by Crippen LogP contribution is 2.23. The first-order valence-corrected chi connectivity index (χ1v) is 6.07. The number of rotatable bonds is 4. The summed E-state index contributed by atoms with van der Waals surface area (Å²) in [6, 6.07) is 10.1. The Morgan fingerprint density at radius 3 is 2.76 bits per heavy atom. The number of amidine groups is 1. The van der Waals surface area contributed by atoms with Gasteiger partial charge in [0.15, 0.2) is 0 Å². The lowest BCUT2D eigenvalue weighted by Crippen LogP contribution is -2.13. The van der Waals surface area contributed by atoms with Gasteiger partial charge < -0.3 is 5.73 Å². The quantitative estimate of drug-likeness (QED) is 0.373. The molecule has 17 heavy (non-hydrogen) atoms. The minimum Gasteiger partial charge on any atom is -0.384 e. The zero-order chi connectivity index (χ0) is 12.1. The standard InChI is InChI=1S/C12H12N4S/c13-11(14)10-6-15-8-16-12(10)17-7-9-4-2-1-3-5-9/h1-6,8H,7H2,(H3,13,14). The Kier molecular flexibility index (Phi) is 3.72. The van der Waals surface area contributed by atoms with Crippen molar-refractivity contribution in [1.29, 1.82) is 5.41 Å². The van der Waals surface area contributed by atoms with Crippen LogP contribution >= 0.6 is 11.8 Å². The van der Waals surface area contributed by atoms with Crippen molar-refractivity contribution in [2.75, 3.05) is 0 Å². The van der Waals surface area contributed by atoms with Crippen LogP contribution in [0.3, 0.4) is 0 Å². The van der Waals surface area contributed by atoms with E-state index in [1.807, 2.05) is 18.2 Å². The third kappa shape index (κ3) is 3.04. The number of nitrogens with one attached hydrogen (secondary N) is 1. The van der Waals surface area contributed by atoms with E-state index in [1.165, 1.54) is 11.9 Å². The van der Waals surface area contributed by atoms with Crippen LogP contribution in [0, 0.1) is 5.41 Å². The zero-order valence-electron chi connectivity index (χ0n) is 9.13. The van der Waals surface area contributed by atoms with Gasteiger partial charge in [0, 0.05) is 11.9 Å². The van der Waals surface area contributed by atoms with E-state index in [2.05, 4.69) is 22.1 Å². The van der Waals surface area contributed by atoms with Gasteiger partial charge in [0.2, 0.25) is 0 Å². The van der Waals surface area contributed by atoms with E-state index in [1.54, 1.807) is 18.0 Å². The Labute approximate surface area is 104 Å². The van der Waals surface area contributed by atoms with Crippen LogP contribution in [0.1, 0.15) is 11.1 Å². The monoisotopic (exact) mass is 244 g/mol. The van der Waals surface area contributed by atoms with E-state index < -0.39 is 0 Å². The highest BCUT2D eigenvalue weighted by molar-refractivity contribution is 7.98. The molecule has 86 valence electrons. The van der Waals surface area contributed by atoms with E-state index in [-0.39, 0.29) is 5.84 Å². The van der Waals surface area contributed by atoms with Crippen molar-refractivity contribution in [2.24, 2.45) is 5.73 Å². The molecule has 0 atom stereocenters. The predicted molar refractivity (Wildman–Crippen MR) is 69.1 cm³/mol. The van der Waals surface area contributed by atoms with E-state index in [0.717, 1.165) is 10.8 Å². The second-order valence-corrected chi connectivity index (χ2v) is 4.39. The van der Waals surface area contributed by atoms with Crippen LogP contribution in [-0.4, -0.2) is 15.8 Å². The molecule has 3 N–H and O–H groups in total. The van der Waals surface area contributed by atoms with Crippen molar-refractivity contribution in [2.45, 2.75) is 10.8 Å². The molecule has 5 heteroatoms. The fraction of sp³-hybridized carbons (Fsp3) is 0.0833. The molecule has 1 aromatic heterocycles. The number of nitrogens with two attached hydrogens (primary N) is 1. The third-order valence-electron chi connectivity index (χ3n) is 2.18. The van der Waals surface area contributed by atoms with Gasteiger partial charge >= 0.3 is 0 Å². The van der Waals surface area contributed by atoms with Gasteiger partial charge in [0.1, 0.15) is 17.2 Å². The van der Waals surface area contributed by atoms with Crippen LogP contribution < -0.4 is 5.73 Å². The molecular formula is C12H12N4S. The van der Waals surface area contributed by atoms with Gasteiger partial charge in [-0.15, -0.1) is 11.8 Å². The summed E-state index contributed by atoms with van der Waals surface area (Å²) in [5.74, 6) is 0.805. The minimum absolute atomic E-state index is 0.00108. The molecule has 0 aliphatic rings. The third-order valence-corrected chi connectivity index (χ3v) is 3.26. The molecule has 1 aromatic carbocycles. The summed E-state index contributed by atoms with van der Waals surface area (Å²) in [7, 11) is 0. The predicted octanol–water partition coefficient (Wildman–Crippen LogP) is 2.05. The summed E-state index contributed by atoms with van der Waals surface area (Å²) in [4.78, 5) is 8.02. The average Bonchev–Trinajstić information content (AvgIpc) is 2.38. The number of benzene rings is 1. The molecule has 0 unspecified atom stereocenters. The lowest BCUT2D eigenvalue weighted by atomic mass is 10.2. The Balaban J connectivity index is 2.12. The number of hydrogen-bond acceptors (Lipinski definition) is 4.